The maximum atomic E-state index is 10.2. The number of aliphatic carboxylic acids is 3. The van der Waals surface area contributed by atoms with Crippen molar-refractivity contribution >= 4 is 29.3 Å². The van der Waals surface area contributed by atoms with E-state index in [0.29, 0.717) is 11.4 Å². The van der Waals surface area contributed by atoms with Gasteiger partial charge in [-0.3, -0.25) is 9.59 Å². The number of carbonyl (C=O) groups is 3. The van der Waals surface area contributed by atoms with Gasteiger partial charge in [0.2, 0.25) is 0 Å². The van der Waals surface area contributed by atoms with Crippen molar-refractivity contribution in [1.29, 1.82) is 0 Å². The van der Waals surface area contributed by atoms with Crippen LogP contribution in [-0.4, -0.2) is 38.8 Å². The summed E-state index contributed by atoms with van der Waals surface area (Å²) in [6.45, 7) is 0. The zero-order valence-electron chi connectivity index (χ0n) is 11.9. The van der Waals surface area contributed by atoms with E-state index < -0.39 is 36.4 Å². The van der Waals surface area contributed by atoms with E-state index in [1.807, 2.05) is 12.1 Å². The van der Waals surface area contributed by atoms with Crippen LogP contribution in [0.3, 0.4) is 0 Å². The van der Waals surface area contributed by atoms with Gasteiger partial charge >= 0.3 is 41.5 Å². The smallest absolute Gasteiger partial charge is 0.547 e. The average Bonchev–Trinajstić information content (AvgIpc) is 2.31. The van der Waals surface area contributed by atoms with E-state index in [0.717, 1.165) is 0 Å². The molecule has 0 heterocycles. The second-order valence-electron chi connectivity index (χ2n) is 4.09. The van der Waals surface area contributed by atoms with Crippen LogP contribution in [0.4, 0.5) is 11.4 Å². The van der Waals surface area contributed by atoms with Crippen LogP contribution in [0.15, 0.2) is 24.3 Å². The zero-order valence-corrected chi connectivity index (χ0v) is 13.9. The molecule has 0 bridgehead atoms. The minimum absolute atomic E-state index is 0. The van der Waals surface area contributed by atoms with Crippen LogP contribution in [0.1, 0.15) is 12.8 Å². The summed E-state index contributed by atoms with van der Waals surface area (Å²) in [5.41, 5.74) is 9.23. The largest absolute Gasteiger partial charge is 1.00 e. The Balaban J connectivity index is 0. The first-order chi connectivity index (χ1) is 9.58. The molecular formula is C12H15N2NaO7. The molecule has 0 aliphatic heterocycles. The SMILES string of the molecule is Nc1ccccc1N.O=C(O)CC(O)(CC(=O)O)C(=O)[O-].[Na+]. The van der Waals surface area contributed by atoms with Crippen LogP contribution < -0.4 is 46.1 Å². The number of carbonyl (C=O) groups excluding carboxylic acids is 1. The van der Waals surface area contributed by atoms with Gasteiger partial charge < -0.3 is 36.7 Å². The van der Waals surface area contributed by atoms with Crippen molar-refractivity contribution in [3.63, 3.8) is 0 Å². The van der Waals surface area contributed by atoms with Crippen molar-refractivity contribution in [2.24, 2.45) is 0 Å². The van der Waals surface area contributed by atoms with E-state index >= 15 is 0 Å². The predicted molar refractivity (Wildman–Crippen MR) is 69.7 cm³/mol. The summed E-state index contributed by atoms with van der Waals surface area (Å²) in [6, 6.07) is 7.25. The summed E-state index contributed by atoms with van der Waals surface area (Å²) in [7, 11) is 0. The molecule has 7 N–H and O–H groups in total. The summed E-state index contributed by atoms with van der Waals surface area (Å²) >= 11 is 0. The number of carboxylic acid groups (broad SMARTS) is 3. The van der Waals surface area contributed by atoms with Crippen molar-refractivity contribution < 1.29 is 64.4 Å². The maximum absolute atomic E-state index is 10.2. The first-order valence-corrected chi connectivity index (χ1v) is 5.56. The van der Waals surface area contributed by atoms with Gasteiger partial charge in [0, 0.05) is 0 Å². The average molecular weight is 322 g/mol. The summed E-state index contributed by atoms with van der Waals surface area (Å²) < 4.78 is 0. The van der Waals surface area contributed by atoms with Gasteiger partial charge in [0.1, 0.15) is 5.60 Å². The fourth-order valence-corrected chi connectivity index (χ4v) is 1.22. The molecular weight excluding hydrogens is 307 g/mol. The number of nitrogen functional groups attached to an aromatic ring is 2. The van der Waals surface area contributed by atoms with Crippen LogP contribution in [0, 0.1) is 0 Å². The van der Waals surface area contributed by atoms with E-state index in [1.54, 1.807) is 12.1 Å². The molecule has 116 valence electrons. The summed E-state index contributed by atoms with van der Waals surface area (Å²) in [5.74, 6) is -5.35. The van der Waals surface area contributed by atoms with Crippen molar-refractivity contribution in [1.82, 2.24) is 0 Å². The van der Waals surface area contributed by atoms with Crippen LogP contribution >= 0.6 is 0 Å². The van der Waals surface area contributed by atoms with Gasteiger partial charge in [-0.05, 0) is 12.1 Å². The molecule has 1 aromatic carbocycles. The number of aliphatic hydroxyl groups is 1. The molecule has 0 aliphatic carbocycles. The number of carboxylic acids is 3. The molecule has 0 unspecified atom stereocenters. The van der Waals surface area contributed by atoms with Gasteiger partial charge in [-0.2, -0.15) is 0 Å². The van der Waals surface area contributed by atoms with Gasteiger partial charge in [-0.1, -0.05) is 12.1 Å². The van der Waals surface area contributed by atoms with Crippen molar-refractivity contribution in [2.75, 3.05) is 11.5 Å². The van der Waals surface area contributed by atoms with E-state index in [4.69, 9.17) is 26.8 Å². The Bertz CT molecular complexity index is 499. The number of benzene rings is 1. The molecule has 22 heavy (non-hydrogen) atoms. The first-order valence-electron chi connectivity index (χ1n) is 5.56. The van der Waals surface area contributed by atoms with Crippen LogP contribution in [-0.2, 0) is 14.4 Å². The van der Waals surface area contributed by atoms with E-state index in [1.165, 1.54) is 0 Å². The van der Waals surface area contributed by atoms with Crippen LogP contribution in [0.5, 0.6) is 0 Å². The predicted octanol–water partition coefficient (Wildman–Crippen LogP) is -4.73. The van der Waals surface area contributed by atoms with Crippen LogP contribution in [0.2, 0.25) is 0 Å². The normalized spacial score (nSPS) is 9.68. The van der Waals surface area contributed by atoms with Crippen molar-refractivity contribution in [2.45, 2.75) is 18.4 Å². The second kappa shape index (κ2) is 10.0. The van der Waals surface area contributed by atoms with E-state index in [2.05, 4.69) is 0 Å². The molecule has 1 aromatic rings. The Morgan fingerprint density at radius 2 is 1.32 bits per heavy atom. The molecule has 0 spiro atoms. The molecule has 0 radical (unpaired) electrons. The topological polar surface area (TPSA) is 187 Å². The molecule has 0 atom stereocenters. The summed E-state index contributed by atoms with van der Waals surface area (Å²) in [6.07, 6.45) is -2.41. The molecule has 9 nitrogen and oxygen atoms in total. The minimum atomic E-state index is -2.85. The van der Waals surface area contributed by atoms with Gasteiger partial charge in [0.15, 0.2) is 0 Å². The van der Waals surface area contributed by atoms with E-state index in [-0.39, 0.29) is 29.6 Å². The number of rotatable bonds is 5. The maximum Gasteiger partial charge on any atom is 1.00 e. The molecule has 0 aliphatic rings. The van der Waals surface area contributed by atoms with Gasteiger partial charge in [-0.25, -0.2) is 0 Å². The Kier molecular flexibility index (Phi) is 10.2. The number of hydrogen-bond donors (Lipinski definition) is 5. The molecule has 0 amide bonds. The Hall–Kier alpha value is -1.81. The third-order valence-electron chi connectivity index (χ3n) is 2.26. The molecule has 0 saturated heterocycles. The standard InChI is InChI=1S/C6H8N2.C6H8O7.Na/c7-5-3-1-2-4-6(5)8;7-3(8)1-6(13,5(11)12)2-4(9)10;/h1-4H,7-8H2;13H,1-2H2,(H,7,8)(H,9,10)(H,11,12);/q;;+1/p-1. The molecule has 10 heteroatoms. The molecule has 0 saturated carbocycles. The van der Waals surface area contributed by atoms with Crippen LogP contribution in [0.25, 0.3) is 0 Å². The summed E-state index contributed by atoms with van der Waals surface area (Å²) in [5, 5.41) is 35.5. The quantitative estimate of drug-likeness (QED) is 0.262. The van der Waals surface area contributed by atoms with Gasteiger partial charge in [0.25, 0.3) is 0 Å². The molecule has 0 fully saturated rings. The molecule has 0 aromatic heterocycles. The monoisotopic (exact) mass is 322 g/mol. The number of hydrogen-bond acceptors (Lipinski definition) is 7. The van der Waals surface area contributed by atoms with Gasteiger partial charge in [-0.15, -0.1) is 0 Å². The van der Waals surface area contributed by atoms with Crippen molar-refractivity contribution in [3.05, 3.63) is 24.3 Å². The fourth-order valence-electron chi connectivity index (χ4n) is 1.22. The third kappa shape index (κ3) is 8.47. The Morgan fingerprint density at radius 3 is 1.50 bits per heavy atom. The Morgan fingerprint density at radius 1 is 1.00 bits per heavy atom. The van der Waals surface area contributed by atoms with Crippen molar-refractivity contribution in [3.8, 4) is 0 Å². The van der Waals surface area contributed by atoms with E-state index in [9.17, 15) is 19.5 Å². The summed E-state index contributed by atoms with van der Waals surface area (Å²) in [4.78, 5) is 30.3. The number of para-hydroxylation sites is 2. The fraction of sp³-hybridized carbons (Fsp3) is 0.250. The number of anilines is 2. The van der Waals surface area contributed by atoms with Gasteiger partial charge in [0.05, 0.1) is 30.2 Å². The Labute approximate surface area is 147 Å². The molecule has 1 rings (SSSR count). The first kappa shape index (κ1) is 22.5. The minimum Gasteiger partial charge on any atom is -0.547 e. The number of nitrogens with two attached hydrogens (primary N) is 2. The third-order valence-corrected chi connectivity index (χ3v) is 2.26. The second-order valence-corrected chi connectivity index (χ2v) is 4.09. The zero-order chi connectivity index (χ0) is 16.6.